The van der Waals surface area contributed by atoms with Gasteiger partial charge in [0.2, 0.25) is 0 Å². The predicted molar refractivity (Wildman–Crippen MR) is 56.3 cm³/mol. The first-order valence-corrected chi connectivity index (χ1v) is 5.16. The van der Waals surface area contributed by atoms with Gasteiger partial charge < -0.3 is 25.5 Å². The summed E-state index contributed by atoms with van der Waals surface area (Å²) in [4.78, 5) is 21.9. The molecule has 0 aromatic rings. The Hall–Kier alpha value is -1.18. The van der Waals surface area contributed by atoms with E-state index in [-0.39, 0.29) is 0 Å². The number of rotatable bonds is 7. The molecule has 0 amide bonds. The summed E-state index contributed by atoms with van der Waals surface area (Å²) in [5.74, 6) is -4.95. The molecule has 0 heterocycles. The summed E-state index contributed by atoms with van der Waals surface area (Å²) in [6.07, 6.45) is -3.28. The molecule has 0 saturated heterocycles. The summed E-state index contributed by atoms with van der Waals surface area (Å²) in [5, 5.41) is 45.9. The van der Waals surface area contributed by atoms with Gasteiger partial charge in [-0.15, -0.1) is 0 Å². The van der Waals surface area contributed by atoms with E-state index in [1.807, 2.05) is 0 Å². The summed E-state index contributed by atoms with van der Waals surface area (Å²) in [6, 6.07) is 0. The van der Waals surface area contributed by atoms with Crippen LogP contribution in [0.15, 0.2) is 0 Å². The van der Waals surface area contributed by atoms with Gasteiger partial charge in [-0.3, -0.25) is 4.79 Å². The fourth-order valence-electron chi connectivity index (χ4n) is 1.67. The molecule has 5 N–H and O–H groups in total. The highest BCUT2D eigenvalue weighted by atomic mass is 16.4. The van der Waals surface area contributed by atoms with Gasteiger partial charge in [0.25, 0.3) is 0 Å². The molecule has 0 bridgehead atoms. The molecule has 4 unspecified atom stereocenters. The van der Waals surface area contributed by atoms with Crippen LogP contribution in [0.3, 0.4) is 0 Å². The van der Waals surface area contributed by atoms with E-state index in [1.165, 1.54) is 13.8 Å². The zero-order valence-electron chi connectivity index (χ0n) is 9.70. The summed E-state index contributed by atoms with van der Waals surface area (Å²) in [5.41, 5.74) is -2.60. The Morgan fingerprint density at radius 3 is 1.82 bits per heavy atom. The molecule has 0 aliphatic rings. The van der Waals surface area contributed by atoms with Crippen LogP contribution in [0.25, 0.3) is 0 Å². The quantitative estimate of drug-likeness (QED) is 0.393. The minimum absolute atomic E-state index is 0.412. The summed E-state index contributed by atoms with van der Waals surface area (Å²) in [7, 11) is 0. The Morgan fingerprint density at radius 2 is 1.59 bits per heavy atom. The van der Waals surface area contributed by atoms with Crippen molar-refractivity contribution in [1.82, 2.24) is 0 Å². The van der Waals surface area contributed by atoms with Crippen molar-refractivity contribution >= 4 is 11.9 Å². The second kappa shape index (κ2) is 5.95. The maximum absolute atomic E-state index is 11.0. The molecule has 0 radical (unpaired) electrons. The molecule has 0 aliphatic carbocycles. The largest absolute Gasteiger partial charge is 0.481 e. The zero-order valence-corrected chi connectivity index (χ0v) is 9.70. The average Bonchev–Trinajstić information content (AvgIpc) is 2.11. The second-order valence-corrected chi connectivity index (χ2v) is 4.26. The van der Waals surface area contributed by atoms with Gasteiger partial charge in [-0.1, -0.05) is 0 Å². The van der Waals surface area contributed by atoms with Crippen LogP contribution in [0.1, 0.15) is 26.7 Å². The molecular formula is C10H18O7. The molecule has 0 rings (SSSR count). The number of carboxylic acids is 2. The Balaban J connectivity index is 5.22. The normalized spacial score (nSPS) is 20.1. The Bertz CT molecular complexity index is 286. The monoisotopic (exact) mass is 250 g/mol. The number of aliphatic hydroxyl groups excluding tert-OH is 2. The first-order valence-electron chi connectivity index (χ1n) is 5.16. The molecule has 7 heteroatoms. The van der Waals surface area contributed by atoms with E-state index >= 15 is 0 Å². The number of aliphatic carboxylic acids is 2. The van der Waals surface area contributed by atoms with Crippen LogP contribution in [0.2, 0.25) is 0 Å². The fourth-order valence-corrected chi connectivity index (χ4v) is 1.67. The first-order chi connectivity index (χ1) is 7.61. The molecule has 4 atom stereocenters. The van der Waals surface area contributed by atoms with Gasteiger partial charge in [-0.05, 0) is 20.3 Å². The lowest BCUT2D eigenvalue weighted by atomic mass is 9.80. The first kappa shape index (κ1) is 15.8. The van der Waals surface area contributed by atoms with Gasteiger partial charge in [0, 0.05) is 6.42 Å². The van der Waals surface area contributed by atoms with Crippen LogP contribution in [0.5, 0.6) is 0 Å². The van der Waals surface area contributed by atoms with Crippen molar-refractivity contribution in [2.24, 2.45) is 5.92 Å². The van der Waals surface area contributed by atoms with Crippen molar-refractivity contribution < 1.29 is 35.1 Å². The maximum Gasteiger partial charge on any atom is 0.336 e. The van der Waals surface area contributed by atoms with Crippen LogP contribution >= 0.6 is 0 Å². The molecule has 0 aromatic carbocycles. The highest BCUT2D eigenvalue weighted by Gasteiger charge is 2.49. The van der Waals surface area contributed by atoms with Crippen LogP contribution in [0.4, 0.5) is 0 Å². The molecule has 100 valence electrons. The van der Waals surface area contributed by atoms with Crippen molar-refractivity contribution in [2.45, 2.75) is 44.5 Å². The second-order valence-electron chi connectivity index (χ2n) is 4.26. The maximum atomic E-state index is 11.0. The highest BCUT2D eigenvalue weighted by molar-refractivity contribution is 5.85. The SMILES string of the molecule is CC(O)CC(C(=O)O)C(O)(CC(C)O)C(=O)O. The van der Waals surface area contributed by atoms with E-state index in [9.17, 15) is 14.7 Å². The number of hydrogen-bond acceptors (Lipinski definition) is 5. The lowest BCUT2D eigenvalue weighted by Gasteiger charge is -2.31. The summed E-state index contributed by atoms with van der Waals surface area (Å²) < 4.78 is 0. The third-order valence-electron chi connectivity index (χ3n) is 2.43. The van der Waals surface area contributed by atoms with Crippen molar-refractivity contribution in [2.75, 3.05) is 0 Å². The van der Waals surface area contributed by atoms with E-state index in [0.717, 1.165) is 0 Å². The highest BCUT2D eigenvalue weighted by Crippen LogP contribution is 2.28. The molecule has 0 spiro atoms. The lowest BCUT2D eigenvalue weighted by molar-refractivity contribution is -0.180. The van der Waals surface area contributed by atoms with Crippen LogP contribution in [0, 0.1) is 5.92 Å². The Morgan fingerprint density at radius 1 is 1.12 bits per heavy atom. The standard InChI is InChI=1S/C10H18O7/c1-5(11)3-7(8(13)14)10(17,9(15)16)4-6(2)12/h5-7,11-12,17H,3-4H2,1-2H3,(H,13,14)(H,15,16). The van der Waals surface area contributed by atoms with Gasteiger partial charge in [-0.2, -0.15) is 0 Å². The number of aliphatic hydroxyl groups is 3. The molecule has 7 nitrogen and oxygen atoms in total. The number of carboxylic acid groups (broad SMARTS) is 2. The minimum atomic E-state index is -2.60. The van der Waals surface area contributed by atoms with Crippen molar-refractivity contribution in [1.29, 1.82) is 0 Å². The van der Waals surface area contributed by atoms with Gasteiger partial charge in [0.1, 0.15) is 0 Å². The topological polar surface area (TPSA) is 135 Å². The summed E-state index contributed by atoms with van der Waals surface area (Å²) in [6.45, 7) is 2.54. The van der Waals surface area contributed by atoms with Gasteiger partial charge >= 0.3 is 11.9 Å². The molecule has 0 aromatic heterocycles. The zero-order chi connectivity index (χ0) is 13.8. The summed E-state index contributed by atoms with van der Waals surface area (Å²) >= 11 is 0. The molecule has 0 fully saturated rings. The minimum Gasteiger partial charge on any atom is -0.481 e. The van der Waals surface area contributed by atoms with Gasteiger partial charge in [0.15, 0.2) is 5.60 Å². The molecule has 0 aliphatic heterocycles. The van der Waals surface area contributed by atoms with E-state index in [0.29, 0.717) is 0 Å². The lowest BCUT2D eigenvalue weighted by Crippen LogP contribution is -2.51. The van der Waals surface area contributed by atoms with E-state index < -0.39 is 48.5 Å². The third-order valence-corrected chi connectivity index (χ3v) is 2.43. The predicted octanol–water partition coefficient (Wildman–Crippen LogP) is -0.955. The van der Waals surface area contributed by atoms with E-state index in [4.69, 9.17) is 20.4 Å². The third kappa shape index (κ3) is 4.29. The molecule has 0 saturated carbocycles. The number of hydrogen-bond donors (Lipinski definition) is 5. The van der Waals surface area contributed by atoms with Crippen molar-refractivity contribution in [3.63, 3.8) is 0 Å². The van der Waals surface area contributed by atoms with Gasteiger partial charge in [-0.25, -0.2) is 4.79 Å². The fraction of sp³-hybridized carbons (Fsp3) is 0.800. The average molecular weight is 250 g/mol. The van der Waals surface area contributed by atoms with Crippen LogP contribution < -0.4 is 0 Å². The molecule has 17 heavy (non-hydrogen) atoms. The smallest absolute Gasteiger partial charge is 0.336 e. The van der Waals surface area contributed by atoms with Crippen molar-refractivity contribution in [3.05, 3.63) is 0 Å². The van der Waals surface area contributed by atoms with Crippen LogP contribution in [-0.4, -0.2) is 55.3 Å². The Kier molecular flexibility index (Phi) is 5.53. The van der Waals surface area contributed by atoms with E-state index in [1.54, 1.807) is 0 Å². The van der Waals surface area contributed by atoms with E-state index in [2.05, 4.69) is 0 Å². The van der Waals surface area contributed by atoms with Gasteiger partial charge in [0.05, 0.1) is 18.1 Å². The van der Waals surface area contributed by atoms with Crippen molar-refractivity contribution in [3.8, 4) is 0 Å². The molecular weight excluding hydrogens is 232 g/mol. The van der Waals surface area contributed by atoms with Crippen LogP contribution in [-0.2, 0) is 9.59 Å². The number of carbonyl (C=O) groups is 2. The Labute approximate surface area is 98.3 Å².